The molecule has 4 rings (SSSR count). The Morgan fingerprint density at radius 3 is 2.42 bits per heavy atom. The lowest BCUT2D eigenvalue weighted by Crippen LogP contribution is -2.27. The van der Waals surface area contributed by atoms with Gasteiger partial charge in [-0.2, -0.15) is 0 Å². The van der Waals surface area contributed by atoms with Crippen LogP contribution in [0, 0.1) is 20.8 Å². The number of thioether (sulfide) groups is 1. The van der Waals surface area contributed by atoms with Crippen LogP contribution < -0.4 is 5.32 Å². The van der Waals surface area contributed by atoms with Gasteiger partial charge in [0.25, 0.3) is 5.91 Å². The fraction of sp³-hybridized carbons (Fsp3) is 0.222. The predicted octanol–water partition coefficient (Wildman–Crippen LogP) is 6.29. The highest BCUT2D eigenvalue weighted by Crippen LogP contribution is 2.32. The molecule has 3 nitrogen and oxygen atoms in total. The van der Waals surface area contributed by atoms with E-state index in [4.69, 9.17) is 0 Å². The van der Waals surface area contributed by atoms with Crippen molar-refractivity contribution in [1.82, 2.24) is 9.88 Å². The number of amides is 1. The van der Waals surface area contributed by atoms with E-state index in [1.807, 2.05) is 37.7 Å². The van der Waals surface area contributed by atoms with Crippen molar-refractivity contribution in [3.63, 3.8) is 0 Å². The summed E-state index contributed by atoms with van der Waals surface area (Å²) in [7, 11) is 0. The van der Waals surface area contributed by atoms with Crippen molar-refractivity contribution >= 4 is 28.6 Å². The van der Waals surface area contributed by atoms with Gasteiger partial charge in [0, 0.05) is 46.4 Å². The summed E-state index contributed by atoms with van der Waals surface area (Å²) in [6.07, 6.45) is 2.22. The maximum atomic E-state index is 12.6. The van der Waals surface area contributed by atoms with Crippen molar-refractivity contribution < 1.29 is 4.79 Å². The highest BCUT2D eigenvalue weighted by Gasteiger charge is 2.11. The van der Waals surface area contributed by atoms with Crippen LogP contribution in [0.1, 0.15) is 32.6 Å². The minimum absolute atomic E-state index is 0.0163. The van der Waals surface area contributed by atoms with E-state index in [1.54, 1.807) is 0 Å². The molecule has 1 aromatic heterocycles. The van der Waals surface area contributed by atoms with E-state index in [9.17, 15) is 4.79 Å². The van der Waals surface area contributed by atoms with Gasteiger partial charge >= 0.3 is 0 Å². The monoisotopic (exact) mass is 428 g/mol. The normalized spacial score (nSPS) is 11.1. The number of hydrogen-bond donors (Lipinski definition) is 1. The number of rotatable bonds is 7. The summed E-state index contributed by atoms with van der Waals surface area (Å²) in [4.78, 5) is 13.9. The molecule has 4 aromatic rings. The maximum absolute atomic E-state index is 12.6. The van der Waals surface area contributed by atoms with Gasteiger partial charge in [0.1, 0.15) is 0 Å². The summed E-state index contributed by atoms with van der Waals surface area (Å²) in [5.74, 6) is 0.932. The average molecular weight is 429 g/mol. The topological polar surface area (TPSA) is 34.0 Å². The van der Waals surface area contributed by atoms with Gasteiger partial charge in [-0.05, 0) is 50.1 Å². The van der Waals surface area contributed by atoms with Crippen LogP contribution >= 0.6 is 11.8 Å². The highest BCUT2D eigenvalue weighted by atomic mass is 32.2. The van der Waals surface area contributed by atoms with Gasteiger partial charge in [-0.1, -0.05) is 59.7 Å². The number of carbonyl (C=O) groups excluding carboxylic acids is 1. The molecule has 0 aliphatic rings. The zero-order chi connectivity index (χ0) is 21.8. The molecule has 3 aromatic carbocycles. The van der Waals surface area contributed by atoms with Crippen molar-refractivity contribution in [2.24, 2.45) is 0 Å². The van der Waals surface area contributed by atoms with Crippen molar-refractivity contribution in [3.8, 4) is 0 Å². The molecular weight excluding hydrogens is 400 g/mol. The minimum Gasteiger partial charge on any atom is -0.350 e. The molecule has 31 heavy (non-hydrogen) atoms. The second-order valence-corrected chi connectivity index (χ2v) is 9.07. The lowest BCUT2D eigenvalue weighted by Gasteiger charge is -2.09. The molecule has 0 fully saturated rings. The lowest BCUT2D eigenvalue weighted by molar-refractivity contribution is 0.0952. The fourth-order valence-corrected chi connectivity index (χ4v) is 5.10. The standard InChI is InChI=1S/C27H28N2OS/c1-19-14-20(2)16-23(15-19)27(30)28-12-13-29-17-26(24-10-6-7-11-25(24)29)31-18-22-9-5-4-8-21(22)3/h4-11,14-17H,12-13,18H2,1-3H3,(H,28,30). The number of aromatic nitrogens is 1. The Kier molecular flexibility index (Phi) is 6.47. The van der Waals surface area contributed by atoms with Crippen LogP contribution in [0.3, 0.4) is 0 Å². The third-order valence-electron chi connectivity index (χ3n) is 5.52. The van der Waals surface area contributed by atoms with Crippen molar-refractivity contribution in [2.45, 2.75) is 38.0 Å². The number of nitrogens with zero attached hydrogens (tertiary/aromatic N) is 1. The number of fused-ring (bicyclic) bond motifs is 1. The maximum Gasteiger partial charge on any atom is 0.251 e. The zero-order valence-corrected chi connectivity index (χ0v) is 19.1. The molecule has 0 atom stereocenters. The Hall–Kier alpha value is -2.98. The Morgan fingerprint density at radius 2 is 1.65 bits per heavy atom. The first-order chi connectivity index (χ1) is 15.0. The Morgan fingerprint density at radius 1 is 0.935 bits per heavy atom. The van der Waals surface area contributed by atoms with Gasteiger partial charge in [-0.15, -0.1) is 11.8 Å². The predicted molar refractivity (Wildman–Crippen MR) is 131 cm³/mol. The van der Waals surface area contributed by atoms with Gasteiger partial charge in [0.2, 0.25) is 0 Å². The van der Waals surface area contributed by atoms with Crippen molar-refractivity contribution in [3.05, 3.63) is 101 Å². The second-order valence-electron chi connectivity index (χ2n) is 8.05. The Balaban J connectivity index is 1.45. The lowest BCUT2D eigenvalue weighted by atomic mass is 10.1. The van der Waals surface area contributed by atoms with Gasteiger partial charge < -0.3 is 9.88 Å². The molecule has 0 saturated heterocycles. The van der Waals surface area contributed by atoms with Crippen LogP contribution in [0.5, 0.6) is 0 Å². The van der Waals surface area contributed by atoms with Gasteiger partial charge in [-0.25, -0.2) is 0 Å². The quantitative estimate of drug-likeness (QED) is 0.351. The first-order valence-corrected chi connectivity index (χ1v) is 11.6. The molecule has 0 bridgehead atoms. The summed E-state index contributed by atoms with van der Waals surface area (Å²) in [5, 5.41) is 4.34. The van der Waals surface area contributed by atoms with E-state index < -0.39 is 0 Å². The van der Waals surface area contributed by atoms with Gasteiger partial charge in [-0.3, -0.25) is 4.79 Å². The first-order valence-electron chi connectivity index (χ1n) is 10.6. The van der Waals surface area contributed by atoms with Crippen LogP contribution in [0.15, 0.2) is 77.8 Å². The Bertz CT molecular complexity index is 1200. The van der Waals surface area contributed by atoms with Crippen LogP contribution in [-0.2, 0) is 12.3 Å². The molecule has 0 spiro atoms. The average Bonchev–Trinajstić information content (AvgIpc) is 3.10. The molecule has 158 valence electrons. The van der Waals surface area contributed by atoms with E-state index in [0.717, 1.165) is 29.0 Å². The summed E-state index contributed by atoms with van der Waals surface area (Å²) < 4.78 is 2.25. The summed E-state index contributed by atoms with van der Waals surface area (Å²) >= 11 is 1.87. The van der Waals surface area contributed by atoms with Crippen LogP contribution in [0.4, 0.5) is 0 Å². The summed E-state index contributed by atoms with van der Waals surface area (Å²) in [6.45, 7) is 7.53. The third-order valence-corrected chi connectivity index (χ3v) is 6.61. The smallest absolute Gasteiger partial charge is 0.251 e. The first kappa shape index (κ1) is 21.3. The summed E-state index contributed by atoms with van der Waals surface area (Å²) in [5.41, 5.74) is 6.84. The molecule has 0 radical (unpaired) electrons. The number of nitrogens with one attached hydrogen (secondary N) is 1. The van der Waals surface area contributed by atoms with E-state index in [-0.39, 0.29) is 5.91 Å². The minimum atomic E-state index is -0.0163. The summed E-state index contributed by atoms with van der Waals surface area (Å²) in [6, 6.07) is 23.0. The molecule has 0 saturated carbocycles. The highest BCUT2D eigenvalue weighted by molar-refractivity contribution is 7.98. The Labute approximate surface area is 188 Å². The number of benzene rings is 3. The number of carbonyl (C=O) groups is 1. The SMILES string of the molecule is Cc1cc(C)cc(C(=O)NCCn2cc(SCc3ccccc3C)c3ccccc32)c1. The number of hydrogen-bond acceptors (Lipinski definition) is 2. The van der Waals surface area contributed by atoms with Gasteiger partial charge in [0.15, 0.2) is 0 Å². The molecule has 0 aliphatic heterocycles. The molecular formula is C27H28N2OS. The van der Waals surface area contributed by atoms with E-state index in [0.29, 0.717) is 6.54 Å². The van der Waals surface area contributed by atoms with Gasteiger partial charge in [0.05, 0.1) is 0 Å². The van der Waals surface area contributed by atoms with E-state index in [2.05, 4.69) is 77.6 Å². The molecule has 4 heteroatoms. The zero-order valence-electron chi connectivity index (χ0n) is 18.3. The third kappa shape index (κ3) is 5.02. The largest absolute Gasteiger partial charge is 0.350 e. The van der Waals surface area contributed by atoms with Crippen LogP contribution in [-0.4, -0.2) is 17.0 Å². The van der Waals surface area contributed by atoms with E-state index in [1.165, 1.54) is 26.9 Å². The van der Waals surface area contributed by atoms with Crippen LogP contribution in [0.2, 0.25) is 0 Å². The van der Waals surface area contributed by atoms with E-state index >= 15 is 0 Å². The molecule has 0 unspecified atom stereocenters. The number of para-hydroxylation sites is 1. The molecule has 1 N–H and O–H groups in total. The second kappa shape index (κ2) is 9.44. The molecule has 1 amide bonds. The number of aryl methyl sites for hydroxylation is 3. The fourth-order valence-electron chi connectivity index (χ4n) is 3.94. The molecule has 1 heterocycles. The molecule has 0 aliphatic carbocycles. The van der Waals surface area contributed by atoms with Crippen molar-refractivity contribution in [1.29, 1.82) is 0 Å². The van der Waals surface area contributed by atoms with Crippen molar-refractivity contribution in [2.75, 3.05) is 6.54 Å². The van der Waals surface area contributed by atoms with Crippen LogP contribution in [0.25, 0.3) is 10.9 Å².